The number of rotatable bonds is 2. The number of benzene rings is 2. The van der Waals surface area contributed by atoms with Gasteiger partial charge in [-0.1, -0.05) is 62.7 Å². The van der Waals surface area contributed by atoms with Gasteiger partial charge in [0.25, 0.3) is 0 Å². The molecule has 0 amide bonds. The van der Waals surface area contributed by atoms with E-state index in [9.17, 15) is 4.79 Å². The maximum Gasteiger partial charge on any atom is 0.337 e. The summed E-state index contributed by atoms with van der Waals surface area (Å²) in [6.45, 7) is 6.48. The molecule has 2 rings (SSSR count). The standard InChI is InChI=1S/C17H17ClO2/c1-17(2,3)13-7-4-11(5-8-13)12-6-9-15(18)14(10-12)16(19)20/h4-10H,1-3H3,(H,19,20). The maximum absolute atomic E-state index is 11.1. The Bertz CT molecular complexity index is 637. The van der Waals surface area contributed by atoms with E-state index in [2.05, 4.69) is 32.9 Å². The molecule has 0 aliphatic carbocycles. The quantitative estimate of drug-likeness (QED) is 0.844. The van der Waals surface area contributed by atoms with Gasteiger partial charge < -0.3 is 5.11 Å². The van der Waals surface area contributed by atoms with Gasteiger partial charge in [0.15, 0.2) is 0 Å². The van der Waals surface area contributed by atoms with Crippen molar-refractivity contribution < 1.29 is 9.90 Å². The predicted octanol–water partition coefficient (Wildman–Crippen LogP) is 5.00. The lowest BCUT2D eigenvalue weighted by atomic mass is 9.86. The largest absolute Gasteiger partial charge is 0.478 e. The molecule has 2 aromatic carbocycles. The Balaban J connectivity index is 2.42. The van der Waals surface area contributed by atoms with Gasteiger partial charge in [-0.2, -0.15) is 0 Å². The Morgan fingerprint density at radius 2 is 1.55 bits per heavy atom. The molecule has 2 nitrogen and oxygen atoms in total. The van der Waals surface area contributed by atoms with Crippen molar-refractivity contribution in [3.8, 4) is 11.1 Å². The first-order chi connectivity index (χ1) is 9.29. The van der Waals surface area contributed by atoms with Gasteiger partial charge >= 0.3 is 5.97 Å². The topological polar surface area (TPSA) is 37.3 Å². The average molecular weight is 289 g/mol. The average Bonchev–Trinajstić information content (AvgIpc) is 2.38. The molecule has 0 heterocycles. The second kappa shape index (κ2) is 5.29. The molecule has 104 valence electrons. The first-order valence-corrected chi connectivity index (χ1v) is 6.80. The number of aromatic carboxylic acids is 1. The molecule has 1 N–H and O–H groups in total. The van der Waals surface area contributed by atoms with Crippen LogP contribution in [0.25, 0.3) is 11.1 Å². The normalized spacial score (nSPS) is 11.4. The first kappa shape index (κ1) is 14.6. The van der Waals surface area contributed by atoms with Gasteiger partial charge in [0.1, 0.15) is 0 Å². The third-order valence-corrected chi connectivity index (χ3v) is 3.61. The first-order valence-electron chi connectivity index (χ1n) is 6.43. The van der Waals surface area contributed by atoms with E-state index in [4.69, 9.17) is 16.7 Å². The molecule has 0 bridgehead atoms. The smallest absolute Gasteiger partial charge is 0.337 e. The van der Waals surface area contributed by atoms with Crippen molar-refractivity contribution in [1.29, 1.82) is 0 Å². The van der Waals surface area contributed by atoms with E-state index < -0.39 is 5.97 Å². The third-order valence-electron chi connectivity index (χ3n) is 3.28. The van der Waals surface area contributed by atoms with Crippen molar-refractivity contribution in [1.82, 2.24) is 0 Å². The minimum Gasteiger partial charge on any atom is -0.478 e. The van der Waals surface area contributed by atoms with Gasteiger partial charge in [-0.05, 0) is 34.2 Å². The number of carboxylic acid groups (broad SMARTS) is 1. The highest BCUT2D eigenvalue weighted by Crippen LogP contribution is 2.28. The molecule has 0 spiro atoms. The Kier molecular flexibility index (Phi) is 3.87. The van der Waals surface area contributed by atoms with Gasteiger partial charge in [-0.25, -0.2) is 4.79 Å². The van der Waals surface area contributed by atoms with Crippen LogP contribution in [-0.2, 0) is 5.41 Å². The summed E-state index contributed by atoms with van der Waals surface area (Å²) < 4.78 is 0. The molecule has 0 aliphatic heterocycles. The zero-order valence-electron chi connectivity index (χ0n) is 11.8. The molecule has 0 radical (unpaired) electrons. The summed E-state index contributed by atoms with van der Waals surface area (Å²) in [5, 5.41) is 9.36. The van der Waals surface area contributed by atoms with Crippen molar-refractivity contribution in [2.75, 3.05) is 0 Å². The number of hydrogen-bond donors (Lipinski definition) is 1. The van der Waals surface area contributed by atoms with E-state index in [1.165, 1.54) is 5.56 Å². The molecule has 0 saturated carbocycles. The minimum atomic E-state index is -1.01. The molecular weight excluding hydrogens is 272 g/mol. The van der Waals surface area contributed by atoms with Gasteiger partial charge in [-0.3, -0.25) is 0 Å². The third kappa shape index (κ3) is 3.02. The molecule has 2 aromatic rings. The summed E-state index contributed by atoms with van der Waals surface area (Å²) in [4.78, 5) is 11.1. The van der Waals surface area contributed by atoms with Crippen LogP contribution in [0.1, 0.15) is 36.7 Å². The lowest BCUT2D eigenvalue weighted by molar-refractivity contribution is 0.0697. The van der Waals surface area contributed by atoms with E-state index in [1.807, 2.05) is 18.2 Å². The van der Waals surface area contributed by atoms with Crippen molar-refractivity contribution >= 4 is 17.6 Å². The Morgan fingerprint density at radius 1 is 1.00 bits per heavy atom. The lowest BCUT2D eigenvalue weighted by Crippen LogP contribution is -2.10. The highest BCUT2D eigenvalue weighted by atomic mass is 35.5. The van der Waals surface area contributed by atoms with Crippen molar-refractivity contribution in [3.63, 3.8) is 0 Å². The van der Waals surface area contributed by atoms with E-state index in [-0.39, 0.29) is 16.0 Å². The number of halogens is 1. The summed E-state index contributed by atoms with van der Waals surface area (Å²) in [6.07, 6.45) is 0. The summed E-state index contributed by atoms with van der Waals surface area (Å²) in [6, 6.07) is 13.2. The van der Waals surface area contributed by atoms with Crippen LogP contribution in [0.5, 0.6) is 0 Å². The lowest BCUT2D eigenvalue weighted by Gasteiger charge is -2.19. The maximum atomic E-state index is 11.1. The second-order valence-electron chi connectivity index (χ2n) is 5.83. The van der Waals surface area contributed by atoms with Crippen molar-refractivity contribution in [2.24, 2.45) is 0 Å². The molecule has 0 saturated heterocycles. The second-order valence-corrected chi connectivity index (χ2v) is 6.23. The number of carbonyl (C=O) groups is 1. The molecule has 0 aromatic heterocycles. The minimum absolute atomic E-state index is 0.102. The van der Waals surface area contributed by atoms with Crippen LogP contribution in [-0.4, -0.2) is 11.1 Å². The Morgan fingerprint density at radius 3 is 2.05 bits per heavy atom. The van der Waals surface area contributed by atoms with Gasteiger partial charge in [0, 0.05) is 0 Å². The highest BCUT2D eigenvalue weighted by Gasteiger charge is 2.14. The van der Waals surface area contributed by atoms with Crippen LogP contribution in [0.4, 0.5) is 0 Å². The van der Waals surface area contributed by atoms with Crippen LogP contribution in [0.15, 0.2) is 42.5 Å². The van der Waals surface area contributed by atoms with Crippen molar-refractivity contribution in [2.45, 2.75) is 26.2 Å². The van der Waals surface area contributed by atoms with Gasteiger partial charge in [-0.15, -0.1) is 0 Å². The molecular formula is C17H17ClO2. The summed E-state index contributed by atoms with van der Waals surface area (Å²) in [7, 11) is 0. The van der Waals surface area contributed by atoms with Gasteiger partial charge in [0.2, 0.25) is 0 Å². The Labute approximate surface area is 124 Å². The highest BCUT2D eigenvalue weighted by molar-refractivity contribution is 6.33. The van der Waals surface area contributed by atoms with Crippen LogP contribution >= 0.6 is 11.6 Å². The van der Waals surface area contributed by atoms with E-state index in [0.717, 1.165) is 11.1 Å². The fourth-order valence-electron chi connectivity index (χ4n) is 2.03. The molecule has 0 atom stereocenters. The fraction of sp³-hybridized carbons (Fsp3) is 0.235. The molecule has 3 heteroatoms. The van der Waals surface area contributed by atoms with Crippen LogP contribution in [0, 0.1) is 0 Å². The molecule has 0 unspecified atom stereocenters. The van der Waals surface area contributed by atoms with Crippen molar-refractivity contribution in [3.05, 3.63) is 58.6 Å². The van der Waals surface area contributed by atoms with E-state index in [0.29, 0.717) is 0 Å². The summed E-state index contributed by atoms with van der Waals surface area (Å²) in [5.41, 5.74) is 3.31. The molecule has 0 aliphatic rings. The van der Waals surface area contributed by atoms with E-state index in [1.54, 1.807) is 12.1 Å². The zero-order valence-corrected chi connectivity index (χ0v) is 12.5. The summed E-state index contributed by atoms with van der Waals surface area (Å²) >= 11 is 5.88. The summed E-state index contributed by atoms with van der Waals surface area (Å²) in [5.74, 6) is -1.01. The zero-order chi connectivity index (χ0) is 14.9. The molecule has 0 fully saturated rings. The van der Waals surface area contributed by atoms with Crippen LogP contribution < -0.4 is 0 Å². The van der Waals surface area contributed by atoms with Crippen LogP contribution in [0.2, 0.25) is 5.02 Å². The monoisotopic (exact) mass is 288 g/mol. The van der Waals surface area contributed by atoms with Gasteiger partial charge in [0.05, 0.1) is 10.6 Å². The Hall–Kier alpha value is -1.80. The number of hydrogen-bond acceptors (Lipinski definition) is 1. The predicted molar refractivity (Wildman–Crippen MR) is 82.5 cm³/mol. The number of carboxylic acids is 1. The van der Waals surface area contributed by atoms with E-state index >= 15 is 0 Å². The molecule has 20 heavy (non-hydrogen) atoms. The van der Waals surface area contributed by atoms with Crippen LogP contribution in [0.3, 0.4) is 0 Å². The SMILES string of the molecule is CC(C)(C)c1ccc(-c2ccc(Cl)c(C(=O)O)c2)cc1. The fourth-order valence-corrected chi connectivity index (χ4v) is 2.23.